The van der Waals surface area contributed by atoms with E-state index >= 15 is 0 Å². The number of H-pyrrole nitrogens is 2. The molecule has 5 rings (SSSR count). The second-order valence-electron chi connectivity index (χ2n) is 7.68. The fraction of sp³-hybridized carbons (Fsp3) is 0.304. The van der Waals surface area contributed by atoms with Gasteiger partial charge in [-0.2, -0.15) is 0 Å². The van der Waals surface area contributed by atoms with Crippen LogP contribution in [0.2, 0.25) is 0 Å². The first-order valence-electron chi connectivity index (χ1n) is 9.82. The summed E-state index contributed by atoms with van der Waals surface area (Å²) in [5.41, 5.74) is 4.92. The molecule has 4 aromatic rings. The maximum Gasteiger partial charge on any atom is 0.123 e. The lowest BCUT2D eigenvalue weighted by molar-refractivity contribution is 0.213. The van der Waals surface area contributed by atoms with Crippen molar-refractivity contribution in [1.29, 1.82) is 0 Å². The monoisotopic (exact) mass is 361 g/mol. The van der Waals surface area contributed by atoms with Gasteiger partial charge in [-0.25, -0.2) is 4.39 Å². The highest BCUT2D eigenvalue weighted by atomic mass is 19.1. The molecule has 1 saturated heterocycles. The highest BCUT2D eigenvalue weighted by molar-refractivity contribution is 5.83. The summed E-state index contributed by atoms with van der Waals surface area (Å²) >= 11 is 0. The Bertz CT molecular complexity index is 1070. The topological polar surface area (TPSA) is 34.8 Å². The minimum atomic E-state index is -0.167. The molecule has 27 heavy (non-hydrogen) atoms. The van der Waals surface area contributed by atoms with Gasteiger partial charge in [0, 0.05) is 46.2 Å². The zero-order valence-electron chi connectivity index (χ0n) is 15.3. The first-order valence-corrected chi connectivity index (χ1v) is 9.82. The molecule has 1 aliphatic rings. The van der Waals surface area contributed by atoms with E-state index in [9.17, 15) is 4.39 Å². The van der Waals surface area contributed by atoms with Crippen molar-refractivity contribution in [2.75, 3.05) is 19.6 Å². The molecule has 0 radical (unpaired) electrons. The van der Waals surface area contributed by atoms with E-state index in [0.717, 1.165) is 49.8 Å². The Hall–Kier alpha value is -2.59. The van der Waals surface area contributed by atoms with E-state index in [-0.39, 0.29) is 5.82 Å². The maximum absolute atomic E-state index is 13.4. The molecule has 0 spiro atoms. The third kappa shape index (κ3) is 3.26. The van der Waals surface area contributed by atoms with Gasteiger partial charge < -0.3 is 14.9 Å². The minimum Gasteiger partial charge on any atom is -0.361 e. The first-order chi connectivity index (χ1) is 13.3. The largest absolute Gasteiger partial charge is 0.361 e. The highest BCUT2D eigenvalue weighted by Gasteiger charge is 2.22. The van der Waals surface area contributed by atoms with E-state index in [1.165, 1.54) is 28.2 Å². The van der Waals surface area contributed by atoms with Crippen LogP contribution in [0.5, 0.6) is 0 Å². The molecule has 2 N–H and O–H groups in total. The molecule has 1 aliphatic heterocycles. The summed E-state index contributed by atoms with van der Waals surface area (Å²) in [5, 5.41) is 2.32. The lowest BCUT2D eigenvalue weighted by atomic mass is 9.93. The van der Waals surface area contributed by atoms with Crippen LogP contribution in [0.4, 0.5) is 4.39 Å². The van der Waals surface area contributed by atoms with Crippen molar-refractivity contribution in [2.45, 2.75) is 25.2 Å². The van der Waals surface area contributed by atoms with Crippen molar-refractivity contribution in [3.05, 3.63) is 71.8 Å². The van der Waals surface area contributed by atoms with Crippen molar-refractivity contribution < 1.29 is 4.39 Å². The average Bonchev–Trinajstić information content (AvgIpc) is 3.30. The van der Waals surface area contributed by atoms with Gasteiger partial charge in [-0.1, -0.05) is 18.2 Å². The average molecular weight is 361 g/mol. The molecule has 0 atom stereocenters. The normalized spacial score (nSPS) is 16.5. The SMILES string of the molecule is Fc1ccc2[nH]c(C3CCN(CCc4c[nH]c5ccccc45)CC3)cc2c1. The lowest BCUT2D eigenvalue weighted by Gasteiger charge is -2.31. The van der Waals surface area contributed by atoms with Crippen LogP contribution in [0.15, 0.2) is 54.7 Å². The predicted octanol–water partition coefficient (Wildman–Crippen LogP) is 5.21. The van der Waals surface area contributed by atoms with E-state index < -0.39 is 0 Å². The van der Waals surface area contributed by atoms with Gasteiger partial charge in [0.25, 0.3) is 0 Å². The number of aromatic amines is 2. The molecule has 138 valence electrons. The number of rotatable bonds is 4. The van der Waals surface area contributed by atoms with Gasteiger partial charge in [0.15, 0.2) is 0 Å². The summed E-state index contributed by atoms with van der Waals surface area (Å²) in [6.07, 6.45) is 5.55. The number of halogens is 1. The van der Waals surface area contributed by atoms with Gasteiger partial charge in [0.1, 0.15) is 5.82 Å². The van der Waals surface area contributed by atoms with Gasteiger partial charge in [-0.15, -0.1) is 0 Å². The summed E-state index contributed by atoms with van der Waals surface area (Å²) in [6, 6.07) is 15.6. The Morgan fingerprint density at radius 2 is 1.85 bits per heavy atom. The molecule has 0 amide bonds. The minimum absolute atomic E-state index is 0.167. The Kier molecular flexibility index (Phi) is 4.21. The number of piperidine rings is 1. The number of para-hydroxylation sites is 1. The van der Waals surface area contributed by atoms with E-state index in [2.05, 4.69) is 51.4 Å². The molecule has 0 unspecified atom stereocenters. The van der Waals surface area contributed by atoms with Crippen molar-refractivity contribution in [3.63, 3.8) is 0 Å². The van der Waals surface area contributed by atoms with E-state index in [4.69, 9.17) is 0 Å². The number of likely N-dealkylation sites (tertiary alicyclic amines) is 1. The second-order valence-corrected chi connectivity index (χ2v) is 7.68. The molecule has 3 nitrogen and oxygen atoms in total. The van der Waals surface area contributed by atoms with Crippen LogP contribution in [0.1, 0.15) is 30.0 Å². The van der Waals surface area contributed by atoms with Gasteiger partial charge in [-0.05, 0) is 68.2 Å². The second kappa shape index (κ2) is 6.86. The van der Waals surface area contributed by atoms with Crippen molar-refractivity contribution in [2.24, 2.45) is 0 Å². The maximum atomic E-state index is 13.4. The van der Waals surface area contributed by atoms with Crippen LogP contribution < -0.4 is 0 Å². The highest BCUT2D eigenvalue weighted by Crippen LogP contribution is 2.30. The number of nitrogens with one attached hydrogen (secondary N) is 2. The third-order valence-electron chi connectivity index (χ3n) is 6.00. The molecule has 0 aliphatic carbocycles. The molecule has 2 aromatic heterocycles. The third-order valence-corrected chi connectivity index (χ3v) is 6.00. The number of fused-ring (bicyclic) bond motifs is 2. The van der Waals surface area contributed by atoms with Crippen molar-refractivity contribution in [3.8, 4) is 0 Å². The van der Waals surface area contributed by atoms with Crippen molar-refractivity contribution in [1.82, 2.24) is 14.9 Å². The zero-order chi connectivity index (χ0) is 18.2. The molecule has 0 bridgehead atoms. The Labute approximate surface area is 158 Å². The fourth-order valence-electron chi connectivity index (χ4n) is 4.43. The summed E-state index contributed by atoms with van der Waals surface area (Å²) < 4.78 is 13.4. The Morgan fingerprint density at radius 1 is 1.00 bits per heavy atom. The molecule has 0 saturated carbocycles. The van der Waals surface area contributed by atoms with Crippen LogP contribution in [0.25, 0.3) is 21.8 Å². The summed E-state index contributed by atoms with van der Waals surface area (Å²) in [4.78, 5) is 9.43. The van der Waals surface area contributed by atoms with E-state index in [0.29, 0.717) is 5.92 Å². The van der Waals surface area contributed by atoms with Gasteiger partial charge >= 0.3 is 0 Å². The van der Waals surface area contributed by atoms with Crippen LogP contribution in [0.3, 0.4) is 0 Å². The molecule has 1 fully saturated rings. The van der Waals surface area contributed by atoms with E-state index in [1.54, 1.807) is 6.07 Å². The number of hydrogen-bond acceptors (Lipinski definition) is 1. The molecular formula is C23H24FN3. The summed E-state index contributed by atoms with van der Waals surface area (Å²) in [5.74, 6) is 0.380. The van der Waals surface area contributed by atoms with Crippen molar-refractivity contribution >= 4 is 21.8 Å². The fourth-order valence-corrected chi connectivity index (χ4v) is 4.43. The number of nitrogens with zero attached hydrogens (tertiary/aromatic N) is 1. The lowest BCUT2D eigenvalue weighted by Crippen LogP contribution is -2.34. The molecule has 4 heteroatoms. The Morgan fingerprint density at radius 3 is 2.74 bits per heavy atom. The molecular weight excluding hydrogens is 337 g/mol. The Balaban J connectivity index is 1.21. The van der Waals surface area contributed by atoms with Gasteiger partial charge in [0.2, 0.25) is 0 Å². The molecule has 2 aromatic carbocycles. The predicted molar refractivity (Wildman–Crippen MR) is 109 cm³/mol. The zero-order valence-corrected chi connectivity index (χ0v) is 15.3. The first kappa shape index (κ1) is 16.6. The number of hydrogen-bond donors (Lipinski definition) is 2. The van der Waals surface area contributed by atoms with Gasteiger partial charge in [0.05, 0.1) is 0 Å². The van der Waals surface area contributed by atoms with Crippen LogP contribution in [0, 0.1) is 5.82 Å². The standard InChI is InChI=1S/C23H24FN3/c24-19-5-6-21-18(13-19)14-23(26-21)16-7-10-27(11-8-16)12-9-17-15-25-22-4-2-1-3-20(17)22/h1-6,13-16,25-26H,7-12H2. The van der Waals surface area contributed by atoms with Gasteiger partial charge in [-0.3, -0.25) is 0 Å². The summed E-state index contributed by atoms with van der Waals surface area (Å²) in [6.45, 7) is 3.35. The number of benzene rings is 2. The number of aromatic nitrogens is 2. The van der Waals surface area contributed by atoms with Crippen LogP contribution in [-0.2, 0) is 6.42 Å². The van der Waals surface area contributed by atoms with Crippen LogP contribution in [-0.4, -0.2) is 34.5 Å². The molecule has 3 heterocycles. The summed E-state index contributed by atoms with van der Waals surface area (Å²) in [7, 11) is 0. The quantitative estimate of drug-likeness (QED) is 0.514. The smallest absolute Gasteiger partial charge is 0.123 e. The van der Waals surface area contributed by atoms with Crippen LogP contribution >= 0.6 is 0 Å². The van der Waals surface area contributed by atoms with E-state index in [1.807, 2.05) is 6.07 Å².